The number of carbonyl (C=O) groups is 1. The minimum atomic E-state index is -0.000967. The molecule has 1 fully saturated rings. The van der Waals surface area contributed by atoms with E-state index < -0.39 is 0 Å². The topological polar surface area (TPSA) is 38.3 Å². The molecular formula is C16H23NO2. The maximum absolute atomic E-state index is 12.5. The molecule has 0 spiro atoms. The van der Waals surface area contributed by atoms with Crippen molar-refractivity contribution < 1.29 is 9.53 Å². The smallest absolute Gasteiger partial charge is 0.144 e. The Hall–Kier alpha value is -1.19. The van der Waals surface area contributed by atoms with E-state index in [-0.39, 0.29) is 12.0 Å². The average molecular weight is 261 g/mol. The predicted molar refractivity (Wildman–Crippen MR) is 76.4 cm³/mol. The number of likely N-dealkylation sites (N-methyl/N-ethyl adjacent to an activating group) is 1. The van der Waals surface area contributed by atoms with Crippen LogP contribution in [0.3, 0.4) is 0 Å². The largest absolute Gasteiger partial charge is 0.379 e. The summed E-state index contributed by atoms with van der Waals surface area (Å²) in [7, 11) is 0. The van der Waals surface area contributed by atoms with Gasteiger partial charge in [0.05, 0.1) is 19.1 Å². The Labute approximate surface area is 115 Å². The summed E-state index contributed by atoms with van der Waals surface area (Å²) >= 11 is 0. The third-order valence-electron chi connectivity index (χ3n) is 3.96. The van der Waals surface area contributed by atoms with Crippen LogP contribution in [0.1, 0.15) is 23.6 Å². The van der Waals surface area contributed by atoms with Gasteiger partial charge in [0.15, 0.2) is 0 Å². The van der Waals surface area contributed by atoms with Crippen LogP contribution in [-0.2, 0) is 16.0 Å². The highest BCUT2D eigenvalue weighted by Gasteiger charge is 2.33. The molecule has 19 heavy (non-hydrogen) atoms. The molecule has 1 saturated heterocycles. The minimum Gasteiger partial charge on any atom is -0.379 e. The van der Waals surface area contributed by atoms with E-state index in [1.54, 1.807) is 0 Å². The van der Waals surface area contributed by atoms with Crippen molar-refractivity contribution in [1.29, 1.82) is 0 Å². The zero-order chi connectivity index (χ0) is 13.8. The van der Waals surface area contributed by atoms with Crippen LogP contribution in [0.4, 0.5) is 0 Å². The van der Waals surface area contributed by atoms with Crippen molar-refractivity contribution in [3.05, 3.63) is 34.9 Å². The monoisotopic (exact) mass is 261 g/mol. The van der Waals surface area contributed by atoms with Gasteiger partial charge in [0.25, 0.3) is 0 Å². The first kappa shape index (κ1) is 14.2. The Kier molecular flexibility index (Phi) is 4.72. The lowest BCUT2D eigenvalue weighted by Crippen LogP contribution is -2.39. The summed E-state index contributed by atoms with van der Waals surface area (Å²) in [5.41, 5.74) is 3.58. The zero-order valence-corrected chi connectivity index (χ0v) is 12.0. The molecule has 2 rings (SSSR count). The third kappa shape index (κ3) is 3.23. The lowest BCUT2D eigenvalue weighted by molar-refractivity contribution is -0.122. The van der Waals surface area contributed by atoms with Crippen LogP contribution in [0.25, 0.3) is 0 Å². The van der Waals surface area contributed by atoms with Gasteiger partial charge in [-0.15, -0.1) is 0 Å². The van der Waals surface area contributed by atoms with Gasteiger partial charge in [-0.25, -0.2) is 0 Å². The molecule has 3 heteroatoms. The molecule has 0 amide bonds. The number of Topliss-reactive ketones (excluding diaryl/α,β-unsaturated/α-hetero) is 1. The minimum absolute atomic E-state index is 0.000967. The van der Waals surface area contributed by atoms with Crippen molar-refractivity contribution in [2.75, 3.05) is 19.8 Å². The van der Waals surface area contributed by atoms with E-state index in [0.717, 1.165) is 6.54 Å². The van der Waals surface area contributed by atoms with Gasteiger partial charge in [-0.2, -0.15) is 0 Å². The lowest BCUT2D eigenvalue weighted by atomic mass is 9.90. The molecule has 2 unspecified atom stereocenters. The average Bonchev–Trinajstić information content (AvgIpc) is 2.83. The quantitative estimate of drug-likeness (QED) is 0.881. The predicted octanol–water partition coefficient (Wildman–Crippen LogP) is 2.04. The van der Waals surface area contributed by atoms with E-state index in [1.807, 2.05) is 6.07 Å². The van der Waals surface area contributed by atoms with Gasteiger partial charge in [0.2, 0.25) is 0 Å². The van der Waals surface area contributed by atoms with E-state index in [0.29, 0.717) is 25.4 Å². The van der Waals surface area contributed by atoms with Crippen molar-refractivity contribution in [3.8, 4) is 0 Å². The summed E-state index contributed by atoms with van der Waals surface area (Å²) in [4.78, 5) is 12.5. The highest BCUT2D eigenvalue weighted by molar-refractivity contribution is 5.85. The van der Waals surface area contributed by atoms with E-state index in [2.05, 4.69) is 38.2 Å². The fourth-order valence-electron chi connectivity index (χ4n) is 2.77. The summed E-state index contributed by atoms with van der Waals surface area (Å²) in [6.07, 6.45) is 0.522. The summed E-state index contributed by atoms with van der Waals surface area (Å²) in [6.45, 7) is 8.29. The van der Waals surface area contributed by atoms with Crippen LogP contribution in [0.5, 0.6) is 0 Å². The van der Waals surface area contributed by atoms with Crippen LogP contribution < -0.4 is 5.32 Å². The molecular weight excluding hydrogens is 238 g/mol. The lowest BCUT2D eigenvalue weighted by Gasteiger charge is -2.18. The summed E-state index contributed by atoms with van der Waals surface area (Å²) in [5.74, 6) is 0.291. The van der Waals surface area contributed by atoms with Gasteiger partial charge in [-0.05, 0) is 37.1 Å². The molecule has 0 radical (unpaired) electrons. The highest BCUT2D eigenvalue weighted by atomic mass is 16.5. The molecule has 3 nitrogen and oxygen atoms in total. The normalized spacial score (nSPS) is 22.7. The first-order chi connectivity index (χ1) is 9.13. The zero-order valence-electron chi connectivity index (χ0n) is 12.0. The number of nitrogens with one attached hydrogen (secondary N) is 1. The second-order valence-electron chi connectivity index (χ2n) is 5.32. The number of rotatable bonds is 5. The molecule has 1 aromatic rings. The molecule has 104 valence electrons. The van der Waals surface area contributed by atoms with Gasteiger partial charge in [-0.3, -0.25) is 4.79 Å². The fourth-order valence-corrected chi connectivity index (χ4v) is 2.77. The van der Waals surface area contributed by atoms with Gasteiger partial charge in [0, 0.05) is 12.5 Å². The highest BCUT2D eigenvalue weighted by Crippen LogP contribution is 2.20. The second kappa shape index (κ2) is 6.31. The molecule has 1 N–H and O–H groups in total. The number of carbonyl (C=O) groups excluding carboxylic acids is 1. The molecule has 0 aliphatic carbocycles. The molecule has 1 aliphatic rings. The van der Waals surface area contributed by atoms with E-state index in [1.165, 1.54) is 16.7 Å². The number of ether oxygens (including phenoxy) is 1. The molecule has 1 heterocycles. The van der Waals surface area contributed by atoms with Crippen LogP contribution in [0.15, 0.2) is 18.2 Å². The molecule has 0 bridgehead atoms. The summed E-state index contributed by atoms with van der Waals surface area (Å²) < 4.78 is 5.46. The fraction of sp³-hybridized carbons (Fsp3) is 0.562. The molecule has 2 atom stereocenters. The van der Waals surface area contributed by atoms with Gasteiger partial charge in [0.1, 0.15) is 5.78 Å². The van der Waals surface area contributed by atoms with Gasteiger partial charge in [-0.1, -0.05) is 25.1 Å². The number of hydrogen-bond acceptors (Lipinski definition) is 3. The van der Waals surface area contributed by atoms with Crippen molar-refractivity contribution in [3.63, 3.8) is 0 Å². The SMILES string of the molecule is CCNC1COCC1C(=O)Cc1c(C)cccc1C. The number of hydrogen-bond donors (Lipinski definition) is 1. The second-order valence-corrected chi connectivity index (χ2v) is 5.32. The Morgan fingerprint density at radius 3 is 2.63 bits per heavy atom. The first-order valence-corrected chi connectivity index (χ1v) is 7.02. The van der Waals surface area contributed by atoms with Crippen molar-refractivity contribution in [2.45, 2.75) is 33.2 Å². The van der Waals surface area contributed by atoms with E-state index in [4.69, 9.17) is 4.74 Å². The number of ketones is 1. The van der Waals surface area contributed by atoms with Crippen molar-refractivity contribution >= 4 is 5.78 Å². The standard InChI is InChI=1S/C16H23NO2/c1-4-17-15-10-19-9-14(15)16(18)8-13-11(2)6-5-7-12(13)3/h5-7,14-15,17H,4,8-10H2,1-3H3. The Bertz CT molecular complexity index is 436. The maximum Gasteiger partial charge on any atom is 0.144 e. The molecule has 0 aromatic heterocycles. The van der Waals surface area contributed by atoms with Crippen molar-refractivity contribution in [1.82, 2.24) is 5.32 Å². The van der Waals surface area contributed by atoms with Crippen LogP contribution >= 0.6 is 0 Å². The van der Waals surface area contributed by atoms with Crippen LogP contribution in [0, 0.1) is 19.8 Å². The summed E-state index contributed by atoms with van der Waals surface area (Å²) in [5, 5.41) is 3.34. The van der Waals surface area contributed by atoms with E-state index in [9.17, 15) is 4.79 Å². The molecule has 1 aliphatic heterocycles. The molecule has 1 aromatic carbocycles. The number of aryl methyl sites for hydroxylation is 2. The number of benzene rings is 1. The Morgan fingerprint density at radius 2 is 2.00 bits per heavy atom. The van der Waals surface area contributed by atoms with Gasteiger partial charge >= 0.3 is 0 Å². The maximum atomic E-state index is 12.5. The first-order valence-electron chi connectivity index (χ1n) is 7.02. The van der Waals surface area contributed by atoms with Crippen LogP contribution in [-0.4, -0.2) is 31.6 Å². The molecule has 0 saturated carbocycles. The third-order valence-corrected chi connectivity index (χ3v) is 3.96. The Balaban J connectivity index is 2.08. The Morgan fingerprint density at radius 1 is 1.32 bits per heavy atom. The van der Waals surface area contributed by atoms with E-state index >= 15 is 0 Å². The van der Waals surface area contributed by atoms with Gasteiger partial charge < -0.3 is 10.1 Å². The van der Waals surface area contributed by atoms with Crippen LogP contribution in [0.2, 0.25) is 0 Å². The van der Waals surface area contributed by atoms with Crippen molar-refractivity contribution in [2.24, 2.45) is 5.92 Å². The summed E-state index contributed by atoms with van der Waals surface area (Å²) in [6, 6.07) is 6.37.